The Hall–Kier alpha value is -0.630. The Bertz CT molecular complexity index is 428. The highest BCUT2D eigenvalue weighted by molar-refractivity contribution is 7.14. The number of Topliss-reactive ketones (excluding diaryl/α,β-unsaturated/α-hetero) is 1. The van der Waals surface area contributed by atoms with E-state index in [2.05, 4.69) is 13.0 Å². The van der Waals surface area contributed by atoms with E-state index in [9.17, 15) is 4.79 Å². The Kier molecular flexibility index (Phi) is 4.07. The summed E-state index contributed by atoms with van der Waals surface area (Å²) >= 11 is 1.80. The normalized spacial score (nSPS) is 27.6. The number of aryl methyl sites for hydroxylation is 2. The van der Waals surface area contributed by atoms with Crippen LogP contribution in [0.25, 0.3) is 0 Å². The molecule has 2 aliphatic carbocycles. The standard InChI is InChI=1S/C17H24OS/c1-12-7-9-13(10-8-12)17(18)16-11-14-5-3-2-4-6-15(14)19-16/h11-13H,2-10H2,1H3. The predicted molar refractivity (Wildman–Crippen MR) is 81.0 cm³/mol. The second-order valence-electron chi connectivity index (χ2n) is 6.44. The van der Waals surface area contributed by atoms with Crippen molar-refractivity contribution in [1.82, 2.24) is 0 Å². The summed E-state index contributed by atoms with van der Waals surface area (Å²) in [7, 11) is 0. The van der Waals surface area contributed by atoms with Crippen LogP contribution in [-0.2, 0) is 12.8 Å². The molecule has 1 saturated carbocycles. The van der Waals surface area contributed by atoms with E-state index in [-0.39, 0.29) is 0 Å². The van der Waals surface area contributed by atoms with Crippen LogP contribution in [0.1, 0.15) is 72.0 Å². The molecule has 0 radical (unpaired) electrons. The molecule has 104 valence electrons. The summed E-state index contributed by atoms with van der Waals surface area (Å²) in [6.07, 6.45) is 11.1. The second kappa shape index (κ2) is 5.78. The van der Waals surface area contributed by atoms with Crippen molar-refractivity contribution in [3.8, 4) is 0 Å². The molecule has 0 bridgehead atoms. The lowest BCUT2D eigenvalue weighted by Crippen LogP contribution is -2.20. The molecule has 0 aliphatic heterocycles. The van der Waals surface area contributed by atoms with Crippen molar-refractivity contribution in [2.24, 2.45) is 11.8 Å². The zero-order valence-electron chi connectivity index (χ0n) is 11.9. The van der Waals surface area contributed by atoms with E-state index in [1.54, 1.807) is 11.3 Å². The molecule has 1 fully saturated rings. The fourth-order valence-electron chi connectivity index (χ4n) is 3.51. The van der Waals surface area contributed by atoms with E-state index < -0.39 is 0 Å². The average Bonchev–Trinajstić information content (AvgIpc) is 2.70. The third-order valence-corrected chi connectivity index (χ3v) is 6.13. The van der Waals surface area contributed by atoms with Crippen LogP contribution in [0.4, 0.5) is 0 Å². The third kappa shape index (κ3) is 2.94. The summed E-state index contributed by atoms with van der Waals surface area (Å²) in [5.41, 5.74) is 1.48. The number of carbonyl (C=O) groups is 1. The highest BCUT2D eigenvalue weighted by Crippen LogP contribution is 2.35. The Balaban J connectivity index is 1.73. The van der Waals surface area contributed by atoms with Crippen LogP contribution in [-0.4, -0.2) is 5.78 Å². The maximum absolute atomic E-state index is 12.6. The lowest BCUT2D eigenvalue weighted by atomic mass is 9.80. The van der Waals surface area contributed by atoms with E-state index in [0.717, 1.165) is 23.6 Å². The molecule has 1 aromatic rings. The lowest BCUT2D eigenvalue weighted by molar-refractivity contribution is 0.0880. The molecule has 2 heteroatoms. The van der Waals surface area contributed by atoms with E-state index in [4.69, 9.17) is 0 Å². The number of ketones is 1. The van der Waals surface area contributed by atoms with E-state index in [1.165, 1.54) is 55.4 Å². The van der Waals surface area contributed by atoms with Crippen LogP contribution in [0.2, 0.25) is 0 Å². The molecule has 1 heterocycles. The molecule has 0 aromatic carbocycles. The first-order valence-electron chi connectivity index (χ1n) is 7.90. The molecule has 1 nitrogen and oxygen atoms in total. The van der Waals surface area contributed by atoms with Crippen molar-refractivity contribution in [3.05, 3.63) is 21.4 Å². The summed E-state index contributed by atoms with van der Waals surface area (Å²) in [4.78, 5) is 15.2. The van der Waals surface area contributed by atoms with Crippen LogP contribution >= 0.6 is 11.3 Å². The van der Waals surface area contributed by atoms with Gasteiger partial charge in [0.1, 0.15) is 0 Å². The molecule has 1 aromatic heterocycles. The van der Waals surface area contributed by atoms with Crippen LogP contribution in [0.15, 0.2) is 6.07 Å². The zero-order chi connectivity index (χ0) is 13.2. The first-order valence-corrected chi connectivity index (χ1v) is 8.71. The first-order chi connectivity index (χ1) is 9.24. The van der Waals surface area contributed by atoms with Crippen LogP contribution in [0, 0.1) is 11.8 Å². The molecule has 19 heavy (non-hydrogen) atoms. The molecular weight excluding hydrogens is 252 g/mol. The average molecular weight is 276 g/mol. The number of fused-ring (bicyclic) bond motifs is 1. The fourth-order valence-corrected chi connectivity index (χ4v) is 4.78. The van der Waals surface area contributed by atoms with Crippen molar-refractivity contribution in [1.29, 1.82) is 0 Å². The van der Waals surface area contributed by atoms with Gasteiger partial charge in [-0.1, -0.05) is 26.2 Å². The number of carbonyl (C=O) groups excluding carboxylic acids is 1. The predicted octanol–water partition coefficient (Wildman–Crippen LogP) is 5.03. The summed E-state index contributed by atoms with van der Waals surface area (Å²) in [6, 6.07) is 2.23. The molecule has 0 unspecified atom stereocenters. The SMILES string of the molecule is CC1CCC(C(=O)c2cc3c(s2)CCCCC3)CC1. The highest BCUT2D eigenvalue weighted by atomic mass is 32.1. The van der Waals surface area contributed by atoms with Gasteiger partial charge in [0.25, 0.3) is 0 Å². The minimum absolute atomic E-state index is 0.318. The fraction of sp³-hybridized carbons (Fsp3) is 0.706. The van der Waals surface area contributed by atoms with Crippen LogP contribution < -0.4 is 0 Å². The van der Waals surface area contributed by atoms with Gasteiger partial charge in [-0.25, -0.2) is 0 Å². The van der Waals surface area contributed by atoms with Gasteiger partial charge in [0.15, 0.2) is 5.78 Å². The third-order valence-electron chi connectivity index (χ3n) is 4.88. The molecule has 0 amide bonds. The topological polar surface area (TPSA) is 17.1 Å². The smallest absolute Gasteiger partial charge is 0.175 e. The summed E-state index contributed by atoms with van der Waals surface area (Å²) in [5, 5.41) is 0. The maximum atomic E-state index is 12.6. The highest BCUT2D eigenvalue weighted by Gasteiger charge is 2.27. The molecule has 0 spiro atoms. The summed E-state index contributed by atoms with van der Waals surface area (Å²) in [6.45, 7) is 2.31. The molecular formula is C17H24OS. The van der Waals surface area contributed by atoms with Gasteiger partial charge in [-0.05, 0) is 56.1 Å². The quantitative estimate of drug-likeness (QED) is 0.547. The van der Waals surface area contributed by atoms with Crippen LogP contribution in [0.3, 0.4) is 0 Å². The van der Waals surface area contributed by atoms with Gasteiger partial charge in [-0.2, -0.15) is 0 Å². The van der Waals surface area contributed by atoms with Gasteiger partial charge >= 0.3 is 0 Å². The number of rotatable bonds is 2. The largest absolute Gasteiger partial charge is 0.293 e. The summed E-state index contributed by atoms with van der Waals surface area (Å²) in [5.74, 6) is 1.59. The molecule has 2 aliphatic rings. The maximum Gasteiger partial charge on any atom is 0.175 e. The Morgan fingerprint density at radius 2 is 1.84 bits per heavy atom. The van der Waals surface area contributed by atoms with Gasteiger partial charge in [0.05, 0.1) is 4.88 Å². The molecule has 0 saturated heterocycles. The van der Waals surface area contributed by atoms with Crippen LogP contribution in [0.5, 0.6) is 0 Å². The van der Waals surface area contributed by atoms with Crippen molar-refractivity contribution in [2.45, 2.75) is 64.7 Å². The van der Waals surface area contributed by atoms with Gasteiger partial charge in [-0.15, -0.1) is 11.3 Å². The minimum atomic E-state index is 0.318. The monoisotopic (exact) mass is 276 g/mol. The van der Waals surface area contributed by atoms with Gasteiger partial charge in [0.2, 0.25) is 0 Å². The molecule has 0 atom stereocenters. The zero-order valence-corrected chi connectivity index (χ0v) is 12.7. The number of hydrogen-bond acceptors (Lipinski definition) is 2. The van der Waals surface area contributed by atoms with Crippen molar-refractivity contribution >= 4 is 17.1 Å². The van der Waals surface area contributed by atoms with Crippen molar-refractivity contribution < 1.29 is 4.79 Å². The Labute approximate surface area is 120 Å². The van der Waals surface area contributed by atoms with Crippen molar-refractivity contribution in [3.63, 3.8) is 0 Å². The van der Waals surface area contributed by atoms with Gasteiger partial charge < -0.3 is 0 Å². The van der Waals surface area contributed by atoms with E-state index in [1.807, 2.05) is 0 Å². The Morgan fingerprint density at radius 3 is 2.63 bits per heavy atom. The second-order valence-corrected chi connectivity index (χ2v) is 7.58. The molecule has 3 rings (SSSR count). The number of hydrogen-bond donors (Lipinski definition) is 0. The van der Waals surface area contributed by atoms with Gasteiger partial charge in [0, 0.05) is 10.8 Å². The molecule has 0 N–H and O–H groups in total. The Morgan fingerprint density at radius 1 is 1.11 bits per heavy atom. The minimum Gasteiger partial charge on any atom is -0.293 e. The number of thiophene rings is 1. The van der Waals surface area contributed by atoms with E-state index >= 15 is 0 Å². The van der Waals surface area contributed by atoms with E-state index in [0.29, 0.717) is 11.7 Å². The first kappa shape index (κ1) is 13.4. The van der Waals surface area contributed by atoms with Gasteiger partial charge in [-0.3, -0.25) is 4.79 Å². The van der Waals surface area contributed by atoms with Crippen molar-refractivity contribution in [2.75, 3.05) is 0 Å². The lowest BCUT2D eigenvalue weighted by Gasteiger charge is -2.24. The summed E-state index contributed by atoms with van der Waals surface area (Å²) < 4.78 is 0.